The molecule has 2 aromatic rings. The first-order valence-electron chi connectivity index (χ1n) is 7.22. The number of anilines is 1. The molecule has 0 aliphatic carbocycles. The number of aryl methyl sites for hydroxylation is 3. The van der Waals surface area contributed by atoms with Crippen molar-refractivity contribution in [2.45, 2.75) is 26.8 Å². The van der Waals surface area contributed by atoms with Crippen LogP contribution in [0.5, 0.6) is 5.75 Å². The fourth-order valence-electron chi connectivity index (χ4n) is 2.28. The number of aldehydes is 1. The van der Waals surface area contributed by atoms with Gasteiger partial charge in [-0.2, -0.15) is 0 Å². The number of carbonyl (C=O) groups excluding carboxylic acids is 2. The summed E-state index contributed by atoms with van der Waals surface area (Å²) < 4.78 is 5.63. The highest BCUT2D eigenvalue weighted by Crippen LogP contribution is 2.31. The van der Waals surface area contributed by atoms with Crippen LogP contribution in [0.25, 0.3) is 0 Å². The SMILES string of the molecule is Cc1cc(C(N)C=O)c(NC(=O)COc2c(C)cccc2C)s1. The lowest BCUT2D eigenvalue weighted by molar-refractivity contribution is -0.118. The number of thiophene rings is 1. The summed E-state index contributed by atoms with van der Waals surface area (Å²) in [5.74, 6) is 0.434. The summed E-state index contributed by atoms with van der Waals surface area (Å²) in [5.41, 5.74) is 8.33. The van der Waals surface area contributed by atoms with Crippen molar-refractivity contribution < 1.29 is 14.3 Å². The maximum atomic E-state index is 12.1. The number of hydrogen-bond donors (Lipinski definition) is 2. The standard InChI is InChI=1S/C17H20N2O3S/c1-10-5-4-6-11(2)16(10)22-9-15(21)19-17-13(14(18)8-20)7-12(3)23-17/h4-8,14H,9,18H2,1-3H3,(H,19,21). The molecule has 0 radical (unpaired) electrons. The number of rotatable bonds is 6. The first-order valence-corrected chi connectivity index (χ1v) is 8.04. The van der Waals surface area contributed by atoms with Crippen LogP contribution in [0, 0.1) is 20.8 Å². The van der Waals surface area contributed by atoms with E-state index < -0.39 is 6.04 Å². The highest BCUT2D eigenvalue weighted by atomic mass is 32.1. The Bertz CT molecular complexity index is 704. The zero-order valence-electron chi connectivity index (χ0n) is 13.4. The van der Waals surface area contributed by atoms with Crippen molar-refractivity contribution in [1.82, 2.24) is 0 Å². The Morgan fingerprint density at radius 1 is 1.35 bits per heavy atom. The summed E-state index contributed by atoms with van der Waals surface area (Å²) in [6, 6.07) is 6.88. The second-order valence-corrected chi connectivity index (χ2v) is 6.62. The second kappa shape index (κ2) is 7.39. The molecule has 0 bridgehead atoms. The van der Waals surface area contributed by atoms with Gasteiger partial charge in [0.25, 0.3) is 5.91 Å². The van der Waals surface area contributed by atoms with Gasteiger partial charge in [0, 0.05) is 10.4 Å². The van der Waals surface area contributed by atoms with Crippen LogP contribution in [0.3, 0.4) is 0 Å². The summed E-state index contributed by atoms with van der Waals surface area (Å²) in [6.07, 6.45) is 0.657. The van der Waals surface area contributed by atoms with Crippen molar-refractivity contribution in [3.63, 3.8) is 0 Å². The summed E-state index contributed by atoms with van der Waals surface area (Å²) in [5, 5.41) is 3.37. The summed E-state index contributed by atoms with van der Waals surface area (Å²) in [4.78, 5) is 24.0. The number of carbonyl (C=O) groups is 2. The third-order valence-electron chi connectivity index (χ3n) is 3.40. The minimum absolute atomic E-state index is 0.0988. The van der Waals surface area contributed by atoms with Gasteiger partial charge in [-0.15, -0.1) is 11.3 Å². The number of ether oxygens (including phenoxy) is 1. The predicted molar refractivity (Wildman–Crippen MR) is 92.1 cm³/mol. The number of amides is 1. The first kappa shape index (κ1) is 17.2. The van der Waals surface area contributed by atoms with Gasteiger partial charge in [0.2, 0.25) is 0 Å². The van der Waals surface area contributed by atoms with Gasteiger partial charge >= 0.3 is 0 Å². The fourth-order valence-corrected chi connectivity index (χ4v) is 3.27. The fraction of sp³-hybridized carbons (Fsp3) is 0.294. The van der Waals surface area contributed by atoms with Gasteiger partial charge in [-0.3, -0.25) is 4.79 Å². The van der Waals surface area contributed by atoms with E-state index in [1.165, 1.54) is 11.3 Å². The van der Waals surface area contributed by atoms with Crippen molar-refractivity contribution in [2.24, 2.45) is 5.73 Å². The van der Waals surface area contributed by atoms with Crippen molar-refractivity contribution in [3.05, 3.63) is 45.8 Å². The van der Waals surface area contributed by atoms with E-state index in [2.05, 4.69) is 5.32 Å². The van der Waals surface area contributed by atoms with Gasteiger partial charge in [0.05, 0.1) is 6.04 Å². The Morgan fingerprint density at radius 2 is 2.00 bits per heavy atom. The van der Waals surface area contributed by atoms with E-state index in [0.29, 0.717) is 16.9 Å². The predicted octanol–water partition coefficient (Wildman–Crippen LogP) is 2.89. The van der Waals surface area contributed by atoms with Crippen molar-refractivity contribution in [2.75, 3.05) is 11.9 Å². The van der Waals surface area contributed by atoms with Crippen LogP contribution in [-0.4, -0.2) is 18.8 Å². The molecule has 0 spiro atoms. The average Bonchev–Trinajstić information content (AvgIpc) is 2.86. The summed E-state index contributed by atoms with van der Waals surface area (Å²) in [7, 11) is 0. The van der Waals surface area contributed by atoms with E-state index >= 15 is 0 Å². The molecule has 23 heavy (non-hydrogen) atoms. The molecule has 0 saturated carbocycles. The van der Waals surface area contributed by atoms with Crippen LogP contribution in [-0.2, 0) is 9.59 Å². The lowest BCUT2D eigenvalue weighted by Crippen LogP contribution is -2.22. The molecule has 1 heterocycles. The average molecular weight is 332 g/mol. The maximum absolute atomic E-state index is 12.1. The van der Waals surface area contributed by atoms with E-state index in [9.17, 15) is 9.59 Å². The Hall–Kier alpha value is -2.18. The van der Waals surface area contributed by atoms with Gasteiger partial charge in [0.1, 0.15) is 17.0 Å². The molecule has 3 N–H and O–H groups in total. The smallest absolute Gasteiger partial charge is 0.262 e. The molecule has 1 atom stereocenters. The molecule has 1 amide bonds. The number of nitrogens with two attached hydrogens (primary N) is 1. The lowest BCUT2D eigenvalue weighted by Gasteiger charge is -2.12. The van der Waals surface area contributed by atoms with E-state index in [1.807, 2.05) is 45.0 Å². The molecular weight excluding hydrogens is 312 g/mol. The third kappa shape index (κ3) is 4.18. The van der Waals surface area contributed by atoms with Crippen LogP contribution in [0.15, 0.2) is 24.3 Å². The summed E-state index contributed by atoms with van der Waals surface area (Å²) in [6.45, 7) is 5.67. The molecule has 0 fully saturated rings. The molecule has 6 heteroatoms. The normalized spacial score (nSPS) is 11.8. The molecule has 1 aromatic carbocycles. The quantitative estimate of drug-likeness (QED) is 0.797. The zero-order chi connectivity index (χ0) is 17.0. The van der Waals surface area contributed by atoms with Crippen LogP contribution in [0.2, 0.25) is 0 Å². The van der Waals surface area contributed by atoms with Crippen LogP contribution in [0.4, 0.5) is 5.00 Å². The van der Waals surface area contributed by atoms with Crippen molar-refractivity contribution >= 4 is 28.5 Å². The summed E-state index contributed by atoms with van der Waals surface area (Å²) >= 11 is 1.39. The number of para-hydroxylation sites is 1. The molecule has 0 saturated heterocycles. The van der Waals surface area contributed by atoms with Gasteiger partial charge in [-0.25, -0.2) is 0 Å². The first-order chi connectivity index (χ1) is 10.9. The van der Waals surface area contributed by atoms with Gasteiger partial charge in [-0.05, 0) is 38.0 Å². The van der Waals surface area contributed by atoms with Crippen LogP contribution < -0.4 is 15.8 Å². The molecule has 122 valence electrons. The zero-order valence-corrected chi connectivity index (χ0v) is 14.2. The van der Waals surface area contributed by atoms with E-state index in [4.69, 9.17) is 10.5 Å². The molecule has 1 unspecified atom stereocenters. The number of benzene rings is 1. The molecule has 5 nitrogen and oxygen atoms in total. The van der Waals surface area contributed by atoms with E-state index in [-0.39, 0.29) is 12.5 Å². The minimum Gasteiger partial charge on any atom is -0.483 e. The van der Waals surface area contributed by atoms with Gasteiger partial charge in [0.15, 0.2) is 6.61 Å². The monoisotopic (exact) mass is 332 g/mol. The number of hydrogen-bond acceptors (Lipinski definition) is 5. The maximum Gasteiger partial charge on any atom is 0.262 e. The largest absolute Gasteiger partial charge is 0.483 e. The highest BCUT2D eigenvalue weighted by molar-refractivity contribution is 7.16. The third-order valence-corrected chi connectivity index (χ3v) is 4.38. The highest BCUT2D eigenvalue weighted by Gasteiger charge is 2.16. The van der Waals surface area contributed by atoms with Crippen LogP contribution in [0.1, 0.15) is 27.6 Å². The Balaban J connectivity index is 2.05. The topological polar surface area (TPSA) is 81.4 Å². The van der Waals surface area contributed by atoms with E-state index in [1.54, 1.807) is 0 Å². The molecule has 2 rings (SSSR count). The lowest BCUT2D eigenvalue weighted by atomic mass is 10.1. The second-order valence-electron chi connectivity index (χ2n) is 5.36. The van der Waals surface area contributed by atoms with Crippen LogP contribution >= 0.6 is 11.3 Å². The molecule has 1 aromatic heterocycles. The Kier molecular flexibility index (Phi) is 5.52. The van der Waals surface area contributed by atoms with Gasteiger partial charge in [-0.1, -0.05) is 18.2 Å². The van der Waals surface area contributed by atoms with Crippen molar-refractivity contribution in [3.8, 4) is 5.75 Å². The van der Waals surface area contributed by atoms with Gasteiger partial charge < -0.3 is 20.6 Å². The Labute approximate surface area is 139 Å². The Morgan fingerprint density at radius 3 is 2.61 bits per heavy atom. The van der Waals surface area contributed by atoms with E-state index in [0.717, 1.165) is 21.8 Å². The molecular formula is C17H20N2O3S. The number of nitrogens with one attached hydrogen (secondary N) is 1. The minimum atomic E-state index is -0.741. The molecule has 0 aliphatic heterocycles. The molecule has 0 aliphatic rings. The van der Waals surface area contributed by atoms with Crippen molar-refractivity contribution in [1.29, 1.82) is 0 Å².